The second kappa shape index (κ2) is 14.2. The number of fused-ring (bicyclic) bond motifs is 2. The van der Waals surface area contributed by atoms with E-state index >= 15 is 0 Å². The van der Waals surface area contributed by atoms with Crippen LogP contribution in [0.2, 0.25) is 0 Å². The van der Waals surface area contributed by atoms with Crippen LogP contribution in [-0.2, 0) is 36.0 Å². The van der Waals surface area contributed by atoms with Crippen LogP contribution in [0.15, 0.2) is 72.9 Å². The molecule has 0 unspecified atom stereocenters. The largest absolute Gasteiger partial charge is 0.488 e. The van der Waals surface area contributed by atoms with Gasteiger partial charge in [0.1, 0.15) is 11.9 Å². The number of likely N-dealkylation sites (N-methyl/N-ethyl adjacent to an activating group) is 1. The van der Waals surface area contributed by atoms with Crippen LogP contribution >= 0.6 is 0 Å². The SMILES string of the molecule is C[C@H](CO)N1C[C@H](C)[C@@H](CN(C)Cc2ccc(C(=O)O)cc2)Oc2ccc(NC(=O)Cc3cn(C)c4ccccc34)cc2CC1=O. The molecule has 0 spiro atoms. The van der Waals surface area contributed by atoms with E-state index in [2.05, 4.69) is 10.2 Å². The van der Waals surface area contributed by atoms with Crippen LogP contribution in [0.3, 0.4) is 0 Å². The molecule has 10 heteroatoms. The fourth-order valence-electron chi connectivity index (χ4n) is 6.11. The van der Waals surface area contributed by atoms with Gasteiger partial charge >= 0.3 is 5.97 Å². The summed E-state index contributed by atoms with van der Waals surface area (Å²) < 4.78 is 8.64. The van der Waals surface area contributed by atoms with E-state index in [-0.39, 0.29) is 54.9 Å². The lowest BCUT2D eigenvalue weighted by molar-refractivity contribution is -0.134. The molecule has 0 radical (unpaired) electrons. The average molecular weight is 627 g/mol. The van der Waals surface area contributed by atoms with Gasteiger partial charge in [-0.05, 0) is 61.5 Å². The minimum absolute atomic E-state index is 0.0674. The van der Waals surface area contributed by atoms with Crippen LogP contribution in [0.4, 0.5) is 5.69 Å². The Kier molecular flexibility index (Phi) is 10.1. The van der Waals surface area contributed by atoms with Gasteiger partial charge in [0.15, 0.2) is 0 Å². The van der Waals surface area contributed by atoms with Crippen molar-refractivity contribution < 1.29 is 29.3 Å². The number of aliphatic hydroxyl groups is 1. The molecule has 0 fully saturated rings. The predicted octanol–water partition coefficient (Wildman–Crippen LogP) is 4.34. The highest BCUT2D eigenvalue weighted by molar-refractivity contribution is 5.96. The number of hydrogen-bond acceptors (Lipinski definition) is 6. The molecule has 3 N–H and O–H groups in total. The molecule has 2 amide bonds. The number of aryl methyl sites for hydroxylation is 1. The van der Waals surface area contributed by atoms with Crippen LogP contribution in [0, 0.1) is 5.92 Å². The third-order valence-corrected chi connectivity index (χ3v) is 8.68. The first-order valence-corrected chi connectivity index (χ1v) is 15.6. The number of benzene rings is 3. The highest BCUT2D eigenvalue weighted by atomic mass is 16.5. The van der Waals surface area contributed by atoms with Crippen molar-refractivity contribution in [3.05, 3.63) is 95.2 Å². The Morgan fingerprint density at radius 1 is 1.11 bits per heavy atom. The maximum atomic E-state index is 13.6. The van der Waals surface area contributed by atoms with Crippen molar-refractivity contribution in [2.75, 3.05) is 32.1 Å². The lowest BCUT2D eigenvalue weighted by Crippen LogP contribution is -2.47. The van der Waals surface area contributed by atoms with Crippen molar-refractivity contribution in [3.8, 4) is 5.75 Å². The smallest absolute Gasteiger partial charge is 0.335 e. The molecule has 0 aliphatic carbocycles. The summed E-state index contributed by atoms with van der Waals surface area (Å²) in [7, 11) is 3.94. The second-order valence-corrected chi connectivity index (χ2v) is 12.4. The summed E-state index contributed by atoms with van der Waals surface area (Å²) in [6.45, 7) is 5.24. The summed E-state index contributed by atoms with van der Waals surface area (Å²) in [6.07, 6.45) is 1.95. The molecule has 1 aliphatic rings. The minimum atomic E-state index is -0.963. The summed E-state index contributed by atoms with van der Waals surface area (Å²) >= 11 is 0. The average Bonchev–Trinajstić information content (AvgIpc) is 3.36. The first-order chi connectivity index (χ1) is 22.0. The number of hydrogen-bond donors (Lipinski definition) is 3. The molecule has 1 aromatic heterocycles. The molecule has 0 saturated carbocycles. The normalized spacial score (nSPS) is 17.5. The van der Waals surface area contributed by atoms with Gasteiger partial charge in [-0.15, -0.1) is 0 Å². The molecule has 2 heterocycles. The number of nitrogens with zero attached hydrogens (tertiary/aromatic N) is 3. The minimum Gasteiger partial charge on any atom is -0.488 e. The lowest BCUT2D eigenvalue weighted by atomic mass is 10.0. The Labute approximate surface area is 269 Å². The molecule has 3 atom stereocenters. The fraction of sp³-hybridized carbons (Fsp3) is 0.361. The summed E-state index contributed by atoms with van der Waals surface area (Å²) in [5.74, 6) is -0.734. The van der Waals surface area contributed by atoms with Gasteiger partial charge in [-0.25, -0.2) is 4.79 Å². The molecule has 242 valence electrons. The van der Waals surface area contributed by atoms with Gasteiger partial charge in [-0.1, -0.05) is 37.3 Å². The van der Waals surface area contributed by atoms with Crippen molar-refractivity contribution in [3.63, 3.8) is 0 Å². The summed E-state index contributed by atoms with van der Waals surface area (Å²) in [5, 5.41) is 23.2. The maximum absolute atomic E-state index is 13.6. The number of aromatic carboxylic acids is 1. The fourth-order valence-corrected chi connectivity index (χ4v) is 6.11. The van der Waals surface area contributed by atoms with E-state index in [9.17, 15) is 24.6 Å². The van der Waals surface area contributed by atoms with Crippen LogP contribution in [0.1, 0.15) is 40.9 Å². The molecule has 3 aromatic carbocycles. The second-order valence-electron chi connectivity index (χ2n) is 12.4. The van der Waals surface area contributed by atoms with Gasteiger partial charge in [0, 0.05) is 61.0 Å². The Hall–Kier alpha value is -4.67. The highest BCUT2D eigenvalue weighted by Gasteiger charge is 2.31. The van der Waals surface area contributed by atoms with E-state index in [1.54, 1.807) is 29.2 Å². The van der Waals surface area contributed by atoms with Gasteiger partial charge in [-0.3, -0.25) is 14.5 Å². The number of aromatic nitrogens is 1. The van der Waals surface area contributed by atoms with E-state index in [4.69, 9.17) is 4.74 Å². The van der Waals surface area contributed by atoms with E-state index in [0.717, 1.165) is 22.0 Å². The maximum Gasteiger partial charge on any atom is 0.335 e. The summed E-state index contributed by atoms with van der Waals surface area (Å²) in [6, 6.07) is 19.8. The number of amides is 2. The number of aliphatic hydroxyl groups excluding tert-OH is 1. The number of para-hydroxylation sites is 1. The standard InChI is InChI=1S/C36H42N4O6/c1-23-18-40(24(2)22-41)35(43)17-27-15-29(37-34(42)16-28-20-39(4)31-8-6-5-7-30(28)31)13-14-32(27)46-33(23)21-38(3)19-25-9-11-26(12-10-25)36(44)45/h5-15,20,23-24,33,41H,16-19,21-22H2,1-4H3,(H,37,42)(H,44,45)/t23-,24+,33+/m0/s1. The first kappa shape index (κ1) is 32.7. The number of rotatable bonds is 10. The van der Waals surface area contributed by atoms with Crippen LogP contribution in [0.25, 0.3) is 10.9 Å². The summed E-state index contributed by atoms with van der Waals surface area (Å²) in [4.78, 5) is 41.8. The van der Waals surface area contributed by atoms with Crippen molar-refractivity contribution >= 4 is 34.4 Å². The molecule has 46 heavy (non-hydrogen) atoms. The number of carboxylic acids is 1. The van der Waals surface area contributed by atoms with Crippen LogP contribution < -0.4 is 10.1 Å². The Bertz CT molecular complexity index is 1720. The lowest BCUT2D eigenvalue weighted by Gasteiger charge is -2.34. The van der Waals surface area contributed by atoms with Crippen LogP contribution in [0.5, 0.6) is 5.75 Å². The number of carbonyl (C=O) groups excluding carboxylic acids is 2. The van der Waals surface area contributed by atoms with Gasteiger partial charge in [-0.2, -0.15) is 0 Å². The Morgan fingerprint density at radius 3 is 2.57 bits per heavy atom. The van der Waals surface area contributed by atoms with Gasteiger partial charge in [0.25, 0.3) is 0 Å². The molecular weight excluding hydrogens is 584 g/mol. The molecular formula is C36H42N4O6. The van der Waals surface area contributed by atoms with Crippen molar-refractivity contribution in [2.45, 2.75) is 45.4 Å². The zero-order chi connectivity index (χ0) is 33.0. The Morgan fingerprint density at radius 2 is 1.85 bits per heavy atom. The van der Waals surface area contributed by atoms with E-state index in [1.807, 2.05) is 81.2 Å². The van der Waals surface area contributed by atoms with Gasteiger partial charge in [0.05, 0.1) is 31.1 Å². The highest BCUT2D eigenvalue weighted by Crippen LogP contribution is 2.30. The van der Waals surface area contributed by atoms with E-state index in [0.29, 0.717) is 36.6 Å². The van der Waals surface area contributed by atoms with Gasteiger partial charge in [0.2, 0.25) is 11.8 Å². The van der Waals surface area contributed by atoms with Crippen molar-refractivity contribution in [1.82, 2.24) is 14.4 Å². The monoisotopic (exact) mass is 626 g/mol. The molecule has 0 bridgehead atoms. The molecule has 0 saturated heterocycles. The van der Waals surface area contributed by atoms with E-state index < -0.39 is 5.97 Å². The van der Waals surface area contributed by atoms with Crippen LogP contribution in [-0.4, -0.2) is 81.3 Å². The molecule has 4 aromatic rings. The number of carboxylic acid groups (broad SMARTS) is 1. The van der Waals surface area contributed by atoms with Crippen molar-refractivity contribution in [2.24, 2.45) is 13.0 Å². The molecule has 1 aliphatic heterocycles. The molecule has 5 rings (SSSR count). The number of anilines is 1. The molecule has 10 nitrogen and oxygen atoms in total. The van der Waals surface area contributed by atoms with Crippen molar-refractivity contribution in [1.29, 1.82) is 0 Å². The topological polar surface area (TPSA) is 124 Å². The third kappa shape index (κ3) is 7.58. The zero-order valence-corrected chi connectivity index (χ0v) is 26.8. The quantitative estimate of drug-likeness (QED) is 0.239. The third-order valence-electron chi connectivity index (χ3n) is 8.68. The van der Waals surface area contributed by atoms with Gasteiger partial charge < -0.3 is 29.7 Å². The predicted molar refractivity (Wildman–Crippen MR) is 177 cm³/mol. The van der Waals surface area contributed by atoms with E-state index in [1.165, 1.54) is 0 Å². The number of nitrogens with one attached hydrogen (secondary N) is 1. The number of carbonyl (C=O) groups is 3. The summed E-state index contributed by atoms with van der Waals surface area (Å²) in [5.41, 5.74) is 4.44. The first-order valence-electron chi connectivity index (χ1n) is 15.6. The zero-order valence-electron chi connectivity index (χ0n) is 26.8. The number of ether oxygens (including phenoxy) is 1. The Balaban J connectivity index is 1.36.